The Hall–Kier alpha value is -2.58. The molecule has 0 bridgehead atoms. The Kier molecular flexibility index (Phi) is 5.20. The van der Waals surface area contributed by atoms with Crippen LogP contribution in [0.25, 0.3) is 0 Å². The molecule has 1 aliphatic heterocycles. The molecule has 0 unspecified atom stereocenters. The lowest BCUT2D eigenvalue weighted by molar-refractivity contribution is -0.137. The van der Waals surface area contributed by atoms with Gasteiger partial charge in [0.05, 0.1) is 11.9 Å². The van der Waals surface area contributed by atoms with E-state index in [4.69, 9.17) is 5.11 Å². The number of urea groups is 1. The van der Waals surface area contributed by atoms with Gasteiger partial charge in [-0.05, 0) is 12.8 Å². The zero-order chi connectivity index (χ0) is 17.0. The van der Waals surface area contributed by atoms with Gasteiger partial charge in [0.15, 0.2) is 0 Å². The Morgan fingerprint density at radius 3 is 2.57 bits per heavy atom. The van der Waals surface area contributed by atoms with Gasteiger partial charge in [-0.25, -0.2) is 4.79 Å². The number of hydrogen-bond donors (Lipinski definition) is 2. The topological polar surface area (TPSA) is 108 Å². The largest absolute Gasteiger partial charge is 0.480 e. The summed E-state index contributed by atoms with van der Waals surface area (Å²) in [5.41, 5.74) is 0.475. The van der Waals surface area contributed by atoms with Crippen LogP contribution in [0.5, 0.6) is 0 Å². The van der Waals surface area contributed by atoms with E-state index in [-0.39, 0.29) is 24.4 Å². The maximum atomic E-state index is 12.2. The molecule has 3 amide bonds. The van der Waals surface area contributed by atoms with E-state index < -0.39 is 5.97 Å². The quantitative estimate of drug-likeness (QED) is 0.828. The summed E-state index contributed by atoms with van der Waals surface area (Å²) in [6, 6.07) is -0.0428. The van der Waals surface area contributed by atoms with E-state index in [0.717, 1.165) is 0 Å². The van der Waals surface area contributed by atoms with Crippen molar-refractivity contribution in [2.75, 3.05) is 32.5 Å². The summed E-state index contributed by atoms with van der Waals surface area (Å²) in [4.78, 5) is 37.9. The number of hydrogen-bond acceptors (Lipinski definition) is 4. The lowest BCUT2D eigenvalue weighted by Crippen LogP contribution is -2.45. The van der Waals surface area contributed by atoms with Gasteiger partial charge in [-0.1, -0.05) is 0 Å². The van der Waals surface area contributed by atoms with Gasteiger partial charge in [0.25, 0.3) is 0 Å². The fourth-order valence-corrected chi connectivity index (χ4v) is 2.51. The van der Waals surface area contributed by atoms with Crippen molar-refractivity contribution >= 4 is 23.6 Å². The molecule has 2 heterocycles. The van der Waals surface area contributed by atoms with Gasteiger partial charge in [0.2, 0.25) is 5.91 Å². The van der Waals surface area contributed by atoms with E-state index in [9.17, 15) is 14.4 Å². The third-order valence-corrected chi connectivity index (χ3v) is 3.72. The van der Waals surface area contributed by atoms with Crippen molar-refractivity contribution in [3.05, 3.63) is 12.4 Å². The van der Waals surface area contributed by atoms with Crippen LogP contribution >= 0.6 is 0 Å². The summed E-state index contributed by atoms with van der Waals surface area (Å²) in [6.45, 7) is 0.849. The smallest absolute Gasteiger partial charge is 0.325 e. The normalized spacial score (nSPS) is 15.3. The van der Waals surface area contributed by atoms with E-state index >= 15 is 0 Å². The molecule has 1 aromatic rings. The molecule has 0 radical (unpaired) electrons. The fraction of sp³-hybridized carbons (Fsp3) is 0.571. The molecule has 9 nitrogen and oxygen atoms in total. The van der Waals surface area contributed by atoms with E-state index in [0.29, 0.717) is 31.6 Å². The molecule has 2 N–H and O–H groups in total. The minimum Gasteiger partial charge on any atom is -0.480 e. The second-order valence-corrected chi connectivity index (χ2v) is 5.75. The van der Waals surface area contributed by atoms with E-state index in [1.807, 2.05) is 0 Å². The van der Waals surface area contributed by atoms with Crippen LogP contribution < -0.4 is 5.32 Å². The molecule has 23 heavy (non-hydrogen) atoms. The van der Waals surface area contributed by atoms with Crippen LogP contribution in [-0.2, 0) is 16.1 Å². The third kappa shape index (κ3) is 4.44. The highest BCUT2D eigenvalue weighted by Crippen LogP contribution is 2.20. The first-order valence-corrected chi connectivity index (χ1v) is 7.38. The molecule has 1 saturated heterocycles. The number of nitrogens with zero attached hydrogens (tertiary/aromatic N) is 4. The zero-order valence-corrected chi connectivity index (χ0v) is 13.2. The number of piperidine rings is 1. The molecule has 0 aliphatic carbocycles. The summed E-state index contributed by atoms with van der Waals surface area (Å²) in [5.74, 6) is -1.29. The fourth-order valence-electron chi connectivity index (χ4n) is 2.51. The van der Waals surface area contributed by atoms with Crippen LogP contribution in [0.3, 0.4) is 0 Å². The number of nitrogens with one attached hydrogen (secondary N) is 1. The number of carboxylic acid groups (broad SMARTS) is 1. The number of carboxylic acids is 1. The lowest BCUT2D eigenvalue weighted by atomic mass is 9.96. The summed E-state index contributed by atoms with van der Waals surface area (Å²) in [5, 5.41) is 15.3. The van der Waals surface area contributed by atoms with Crippen LogP contribution in [0.1, 0.15) is 12.8 Å². The van der Waals surface area contributed by atoms with Crippen molar-refractivity contribution in [3.8, 4) is 0 Å². The maximum absolute atomic E-state index is 12.2. The minimum absolute atomic E-state index is 0.0428. The molecule has 0 saturated carbocycles. The summed E-state index contributed by atoms with van der Waals surface area (Å²) >= 11 is 0. The molecule has 1 aliphatic rings. The van der Waals surface area contributed by atoms with Crippen LogP contribution in [0, 0.1) is 5.92 Å². The molecule has 1 fully saturated rings. The predicted molar refractivity (Wildman–Crippen MR) is 81.9 cm³/mol. The second-order valence-electron chi connectivity index (χ2n) is 5.75. The van der Waals surface area contributed by atoms with E-state index in [1.54, 1.807) is 19.0 Å². The number of rotatable bonds is 4. The summed E-state index contributed by atoms with van der Waals surface area (Å²) in [6.07, 6.45) is 4.12. The Labute approximate surface area is 133 Å². The summed E-state index contributed by atoms with van der Waals surface area (Å²) in [7, 11) is 3.41. The van der Waals surface area contributed by atoms with E-state index in [1.165, 1.54) is 22.0 Å². The van der Waals surface area contributed by atoms with Gasteiger partial charge in [-0.2, -0.15) is 5.10 Å². The third-order valence-electron chi connectivity index (χ3n) is 3.72. The van der Waals surface area contributed by atoms with Crippen LogP contribution in [0.4, 0.5) is 10.5 Å². The zero-order valence-electron chi connectivity index (χ0n) is 13.2. The second kappa shape index (κ2) is 7.12. The number of anilines is 1. The first-order valence-electron chi connectivity index (χ1n) is 7.38. The highest BCUT2D eigenvalue weighted by Gasteiger charge is 2.28. The Bertz CT molecular complexity index is 590. The number of aliphatic carboxylic acids is 1. The highest BCUT2D eigenvalue weighted by molar-refractivity contribution is 5.92. The van der Waals surface area contributed by atoms with Crippen molar-refractivity contribution in [1.29, 1.82) is 0 Å². The molecular weight excluding hydrogens is 302 g/mol. The maximum Gasteiger partial charge on any atom is 0.325 e. The molecule has 0 aromatic carbocycles. The standard InChI is InChI=1S/C14H21N5O4/c1-17(2)14(23)18-5-3-10(4-6-18)13(22)16-11-7-15-19(8-11)9-12(20)21/h7-8,10H,3-6,9H2,1-2H3,(H,16,22)(H,20,21). The minimum atomic E-state index is -0.996. The number of likely N-dealkylation sites (tertiary alicyclic amines) is 1. The Morgan fingerprint density at radius 1 is 1.35 bits per heavy atom. The Morgan fingerprint density at radius 2 is 2.00 bits per heavy atom. The van der Waals surface area contributed by atoms with Crippen LogP contribution in [0.15, 0.2) is 12.4 Å². The average Bonchev–Trinajstić information content (AvgIpc) is 2.92. The molecule has 126 valence electrons. The van der Waals surface area contributed by atoms with Gasteiger partial charge >= 0.3 is 12.0 Å². The summed E-state index contributed by atoms with van der Waals surface area (Å²) < 4.78 is 1.25. The monoisotopic (exact) mass is 323 g/mol. The highest BCUT2D eigenvalue weighted by atomic mass is 16.4. The molecule has 1 aromatic heterocycles. The van der Waals surface area contributed by atoms with Crippen molar-refractivity contribution in [1.82, 2.24) is 19.6 Å². The van der Waals surface area contributed by atoms with Gasteiger partial charge in [-0.3, -0.25) is 14.3 Å². The van der Waals surface area contributed by atoms with Crippen molar-refractivity contribution < 1.29 is 19.5 Å². The molecule has 9 heteroatoms. The first-order chi connectivity index (χ1) is 10.9. The molecule has 0 atom stereocenters. The van der Waals surface area contributed by atoms with Gasteiger partial charge in [0.1, 0.15) is 6.54 Å². The van der Waals surface area contributed by atoms with Crippen LogP contribution in [-0.4, -0.2) is 69.8 Å². The van der Waals surface area contributed by atoms with Crippen LogP contribution in [0.2, 0.25) is 0 Å². The van der Waals surface area contributed by atoms with Gasteiger partial charge in [0, 0.05) is 39.3 Å². The van der Waals surface area contributed by atoms with Crippen molar-refractivity contribution in [2.45, 2.75) is 19.4 Å². The number of carbonyl (C=O) groups excluding carboxylic acids is 2. The van der Waals surface area contributed by atoms with E-state index in [2.05, 4.69) is 10.4 Å². The Balaban J connectivity index is 1.84. The first kappa shape index (κ1) is 16.8. The van der Waals surface area contributed by atoms with Crippen molar-refractivity contribution in [2.24, 2.45) is 5.92 Å². The number of amides is 3. The number of aromatic nitrogens is 2. The SMILES string of the molecule is CN(C)C(=O)N1CCC(C(=O)Nc2cnn(CC(=O)O)c2)CC1. The lowest BCUT2D eigenvalue weighted by Gasteiger charge is -2.32. The molecule has 0 spiro atoms. The molecular formula is C14H21N5O4. The molecule has 2 rings (SSSR count). The van der Waals surface area contributed by atoms with Gasteiger partial charge < -0.3 is 20.2 Å². The number of carbonyl (C=O) groups is 3. The average molecular weight is 323 g/mol. The van der Waals surface area contributed by atoms with Gasteiger partial charge in [-0.15, -0.1) is 0 Å². The predicted octanol–water partition coefficient (Wildman–Crippen LogP) is 0.300. The van der Waals surface area contributed by atoms with Crippen molar-refractivity contribution in [3.63, 3.8) is 0 Å².